The molecule has 24 heavy (non-hydrogen) atoms. The molecule has 0 saturated heterocycles. The van der Waals surface area contributed by atoms with Crippen molar-refractivity contribution >= 4 is 26.1 Å². The quantitative estimate of drug-likeness (QED) is 0.500. The minimum absolute atomic E-state index is 0.363. The van der Waals surface area contributed by atoms with Crippen LogP contribution in [-0.4, -0.2) is 5.25 Å². The molecule has 0 heterocycles. The van der Waals surface area contributed by atoms with E-state index in [0.29, 0.717) is 9.69 Å². The van der Waals surface area contributed by atoms with E-state index in [1.54, 1.807) is 5.56 Å². The Morgan fingerprint density at radius 3 is 1.75 bits per heavy atom. The molecule has 0 aliphatic heterocycles. The third-order valence-electron chi connectivity index (χ3n) is 6.94. The summed E-state index contributed by atoms with van der Waals surface area (Å²) in [4.78, 5) is 0. The number of hydrogen-bond acceptors (Lipinski definition) is 0. The first-order chi connectivity index (χ1) is 11.5. The monoisotopic (exact) mass is 380 g/mol. The van der Waals surface area contributed by atoms with Gasteiger partial charge in [0.15, 0.2) is 0 Å². The molecule has 0 spiro atoms. The normalized spacial score (nSPS) is 32.5. The van der Waals surface area contributed by atoms with Gasteiger partial charge in [0.25, 0.3) is 0 Å². The van der Waals surface area contributed by atoms with E-state index in [2.05, 4.69) is 49.4 Å². The second-order valence-electron chi connectivity index (χ2n) is 8.30. The Morgan fingerprint density at radius 1 is 0.833 bits per heavy atom. The Hall–Kier alpha value is 0.300. The molecular weight excluding hydrogens is 346 g/mol. The Labute approximate surface area is 155 Å². The molecule has 3 heteroatoms. The average molecular weight is 381 g/mol. The Morgan fingerprint density at radius 2 is 1.29 bits per heavy atom. The molecule has 0 N–H and O–H groups in total. The van der Waals surface area contributed by atoms with Gasteiger partial charge in [0.05, 0.1) is 0 Å². The van der Waals surface area contributed by atoms with Crippen LogP contribution in [-0.2, 0) is 9.69 Å². The van der Waals surface area contributed by atoms with Crippen molar-refractivity contribution in [3.8, 4) is 0 Å². The largest absolute Gasteiger partial charge is 0.145 e. The van der Waals surface area contributed by atoms with E-state index in [4.69, 9.17) is 0 Å². The van der Waals surface area contributed by atoms with Gasteiger partial charge < -0.3 is 0 Å². The predicted molar refractivity (Wildman–Crippen MR) is 116 cm³/mol. The van der Waals surface area contributed by atoms with Gasteiger partial charge in [0.2, 0.25) is 0 Å². The third kappa shape index (κ3) is 4.34. The van der Waals surface area contributed by atoms with E-state index in [0.717, 1.165) is 23.0 Å². The predicted octanol–water partition coefficient (Wildman–Crippen LogP) is 6.91. The van der Waals surface area contributed by atoms with E-state index in [1.165, 1.54) is 68.1 Å². The topological polar surface area (TPSA) is 0 Å². The van der Waals surface area contributed by atoms with Crippen LogP contribution < -0.4 is 0 Å². The SMILES string of the molecule is Cc1cc(C2CCC(C3CCC(S(=P)P)CC3)CC2)cc(C)c1C. The molecule has 1 aromatic carbocycles. The molecule has 1 aromatic rings. The number of hydrogen-bond donors (Lipinski definition) is 0. The van der Waals surface area contributed by atoms with Gasteiger partial charge >= 0.3 is 0 Å². The number of benzene rings is 1. The first kappa shape index (κ1) is 19.1. The number of rotatable bonds is 3. The fourth-order valence-corrected chi connectivity index (χ4v) is 7.35. The summed E-state index contributed by atoms with van der Waals surface area (Å²) in [7, 11) is 7.18. The highest BCUT2D eigenvalue weighted by Gasteiger charge is 2.31. The van der Waals surface area contributed by atoms with Crippen LogP contribution in [0.1, 0.15) is 79.5 Å². The molecular formula is C21H34P2S. The third-order valence-corrected chi connectivity index (χ3v) is 10.3. The lowest BCUT2D eigenvalue weighted by molar-refractivity contribution is 0.188. The van der Waals surface area contributed by atoms with Crippen molar-refractivity contribution in [2.45, 2.75) is 83.3 Å². The summed E-state index contributed by atoms with van der Waals surface area (Å²) in [6.07, 6.45) is 11.6. The molecule has 0 nitrogen and oxygen atoms in total. The van der Waals surface area contributed by atoms with Crippen molar-refractivity contribution in [3.63, 3.8) is 0 Å². The van der Waals surface area contributed by atoms with Gasteiger partial charge in [-0.3, -0.25) is 0 Å². The van der Waals surface area contributed by atoms with E-state index in [-0.39, 0.29) is 0 Å². The van der Waals surface area contributed by atoms with Gasteiger partial charge in [-0.05, 0) is 112 Å². The van der Waals surface area contributed by atoms with E-state index in [1.807, 2.05) is 0 Å². The highest BCUT2D eigenvalue weighted by atomic mass is 32.9. The van der Waals surface area contributed by atoms with E-state index >= 15 is 0 Å². The van der Waals surface area contributed by atoms with Crippen molar-refractivity contribution in [3.05, 3.63) is 34.4 Å². The molecule has 0 bridgehead atoms. The molecule has 0 amide bonds. The standard InChI is InChI=1S/C21H34P2S/c1-14-12-20(13-15(2)16(14)3)19-6-4-17(5-7-19)18-8-10-21(11-9-18)24(22)23/h12-13,17-19,21-22H,4-11,23H2,1-3H3. The second kappa shape index (κ2) is 8.33. The maximum Gasteiger partial charge on any atom is 0.00666 e. The van der Waals surface area contributed by atoms with Crippen LogP contribution in [0.5, 0.6) is 0 Å². The van der Waals surface area contributed by atoms with Crippen molar-refractivity contribution in [2.75, 3.05) is 0 Å². The van der Waals surface area contributed by atoms with Gasteiger partial charge in [-0.15, -0.1) is 9.69 Å². The molecule has 0 radical (unpaired) electrons. The van der Waals surface area contributed by atoms with Crippen LogP contribution in [0.3, 0.4) is 0 Å². The van der Waals surface area contributed by atoms with Crippen molar-refractivity contribution in [1.29, 1.82) is 0 Å². The van der Waals surface area contributed by atoms with Gasteiger partial charge in [0.1, 0.15) is 0 Å². The van der Waals surface area contributed by atoms with Gasteiger partial charge in [-0.1, -0.05) is 28.6 Å². The van der Waals surface area contributed by atoms with Crippen molar-refractivity contribution < 1.29 is 0 Å². The van der Waals surface area contributed by atoms with Crippen LogP contribution in [0.2, 0.25) is 0 Å². The zero-order valence-corrected chi connectivity index (χ0v) is 18.6. The van der Waals surface area contributed by atoms with Crippen LogP contribution in [0.25, 0.3) is 0 Å². The Kier molecular flexibility index (Phi) is 6.62. The maximum atomic E-state index is 3.84. The fourth-order valence-electron chi connectivity index (χ4n) is 5.04. The molecule has 2 aliphatic carbocycles. The first-order valence-electron chi connectivity index (χ1n) is 9.72. The van der Waals surface area contributed by atoms with E-state index in [9.17, 15) is 0 Å². The van der Waals surface area contributed by atoms with Crippen LogP contribution in [0, 0.1) is 32.6 Å². The summed E-state index contributed by atoms with van der Waals surface area (Å²) in [5, 5.41) is 0.915. The average Bonchev–Trinajstić information content (AvgIpc) is 2.59. The van der Waals surface area contributed by atoms with Crippen LogP contribution >= 0.6 is 16.5 Å². The highest BCUT2D eigenvalue weighted by Crippen LogP contribution is 2.44. The summed E-state index contributed by atoms with van der Waals surface area (Å²) in [5.41, 5.74) is 6.05. The van der Waals surface area contributed by atoms with Gasteiger partial charge in [-0.2, -0.15) is 0 Å². The van der Waals surface area contributed by atoms with Gasteiger partial charge in [0, 0.05) is 5.25 Å². The molecule has 134 valence electrons. The lowest BCUT2D eigenvalue weighted by Crippen LogP contribution is -2.27. The summed E-state index contributed by atoms with van der Waals surface area (Å²) >= 11 is 0. The Balaban J connectivity index is 1.56. The molecule has 2 fully saturated rings. The molecule has 2 aliphatic rings. The summed E-state index contributed by atoms with van der Waals surface area (Å²) in [6.45, 7) is 6.81. The molecule has 0 aromatic heterocycles. The van der Waals surface area contributed by atoms with Crippen molar-refractivity contribution in [1.82, 2.24) is 0 Å². The minimum Gasteiger partial charge on any atom is -0.145 e. The summed E-state index contributed by atoms with van der Waals surface area (Å²) in [5.74, 6) is 2.84. The van der Waals surface area contributed by atoms with E-state index < -0.39 is 0 Å². The maximum absolute atomic E-state index is 3.84. The summed E-state index contributed by atoms with van der Waals surface area (Å²) < 4.78 is 0. The molecule has 2 unspecified atom stereocenters. The van der Waals surface area contributed by atoms with Crippen LogP contribution in [0.15, 0.2) is 12.1 Å². The second-order valence-corrected chi connectivity index (χ2v) is 14.1. The zero-order valence-electron chi connectivity index (χ0n) is 15.6. The highest BCUT2D eigenvalue weighted by molar-refractivity contribution is 8.50. The number of aryl methyl sites for hydroxylation is 2. The lowest BCUT2D eigenvalue weighted by atomic mass is 9.69. The molecule has 2 atom stereocenters. The van der Waals surface area contributed by atoms with Gasteiger partial charge in [-0.25, -0.2) is 0 Å². The van der Waals surface area contributed by atoms with Crippen molar-refractivity contribution in [2.24, 2.45) is 11.8 Å². The minimum atomic E-state index is 0.363. The smallest absolute Gasteiger partial charge is 0.00666 e. The zero-order chi connectivity index (χ0) is 17.3. The molecule has 3 rings (SSSR count). The first-order valence-corrected chi connectivity index (χ1v) is 13.7. The lowest BCUT2D eigenvalue weighted by Gasteiger charge is -2.38. The Bertz CT molecular complexity index is 571. The molecule has 2 saturated carbocycles. The summed E-state index contributed by atoms with van der Waals surface area (Å²) in [6, 6.07) is 4.93. The fraction of sp³-hybridized carbons (Fsp3) is 0.714. The van der Waals surface area contributed by atoms with Crippen LogP contribution in [0.4, 0.5) is 0 Å².